The summed E-state index contributed by atoms with van der Waals surface area (Å²) in [7, 11) is 0. The van der Waals surface area contributed by atoms with E-state index in [0.717, 1.165) is 22.9 Å². The summed E-state index contributed by atoms with van der Waals surface area (Å²) in [5, 5.41) is 6.27. The summed E-state index contributed by atoms with van der Waals surface area (Å²) in [6.45, 7) is 1.06. The quantitative estimate of drug-likeness (QED) is 0.484. The van der Waals surface area contributed by atoms with Gasteiger partial charge in [-0.2, -0.15) is 5.10 Å². The van der Waals surface area contributed by atoms with Gasteiger partial charge in [-0.15, -0.1) is 0 Å². The van der Waals surface area contributed by atoms with E-state index in [1.165, 1.54) is 6.21 Å². The van der Waals surface area contributed by atoms with E-state index in [0.29, 0.717) is 13.2 Å². The van der Waals surface area contributed by atoms with Crippen LogP contribution in [0, 0.1) is 0 Å². The highest BCUT2D eigenvalue weighted by atomic mass is 79.9. The minimum absolute atomic E-state index is 0.00641. The molecule has 1 heterocycles. The number of carbonyl (C=O) groups is 2. The molecule has 1 saturated heterocycles. The summed E-state index contributed by atoms with van der Waals surface area (Å²) in [6, 6.07) is 7.40. The van der Waals surface area contributed by atoms with Crippen LogP contribution >= 0.6 is 15.9 Å². The van der Waals surface area contributed by atoms with Crippen LogP contribution in [0.1, 0.15) is 18.4 Å². The third kappa shape index (κ3) is 5.28. The molecule has 1 unspecified atom stereocenters. The number of halogens is 1. The zero-order chi connectivity index (χ0) is 15.1. The maximum atomic E-state index is 11.5. The van der Waals surface area contributed by atoms with Gasteiger partial charge in [0.1, 0.15) is 0 Å². The SMILES string of the molecule is O=C(NCC1CCCO1)C(=O)N/N=C/c1cccc(Br)c1. The van der Waals surface area contributed by atoms with Crippen LogP contribution in [0.15, 0.2) is 33.8 Å². The van der Waals surface area contributed by atoms with Crippen molar-refractivity contribution >= 4 is 34.0 Å². The highest BCUT2D eigenvalue weighted by molar-refractivity contribution is 9.10. The topological polar surface area (TPSA) is 79.8 Å². The fourth-order valence-corrected chi connectivity index (χ4v) is 2.31. The maximum Gasteiger partial charge on any atom is 0.329 e. The number of hydrazone groups is 1. The van der Waals surface area contributed by atoms with Gasteiger partial charge in [-0.05, 0) is 30.5 Å². The Balaban J connectivity index is 1.74. The zero-order valence-corrected chi connectivity index (χ0v) is 12.9. The molecule has 1 aliphatic rings. The molecule has 112 valence electrons. The fraction of sp³-hybridized carbons (Fsp3) is 0.357. The molecule has 1 aromatic carbocycles. The van der Waals surface area contributed by atoms with E-state index in [1.54, 1.807) is 0 Å². The monoisotopic (exact) mass is 353 g/mol. The molecule has 21 heavy (non-hydrogen) atoms. The van der Waals surface area contributed by atoms with E-state index >= 15 is 0 Å². The number of amides is 2. The lowest BCUT2D eigenvalue weighted by Gasteiger charge is -2.09. The van der Waals surface area contributed by atoms with Crippen LogP contribution in [-0.2, 0) is 14.3 Å². The molecule has 2 amide bonds. The molecule has 6 nitrogen and oxygen atoms in total. The van der Waals surface area contributed by atoms with Crippen molar-refractivity contribution in [3.63, 3.8) is 0 Å². The second kappa shape index (κ2) is 7.90. The standard InChI is InChI=1S/C14H16BrN3O3/c15-11-4-1-3-10(7-11)8-17-18-14(20)13(19)16-9-12-5-2-6-21-12/h1,3-4,7-8,12H,2,5-6,9H2,(H,16,19)(H,18,20)/b17-8+. The van der Waals surface area contributed by atoms with E-state index < -0.39 is 11.8 Å². The van der Waals surface area contributed by atoms with Crippen molar-refractivity contribution < 1.29 is 14.3 Å². The van der Waals surface area contributed by atoms with Crippen molar-refractivity contribution in [3.05, 3.63) is 34.3 Å². The lowest BCUT2D eigenvalue weighted by Crippen LogP contribution is -2.41. The summed E-state index contributed by atoms with van der Waals surface area (Å²) in [5.74, 6) is -1.50. The Morgan fingerprint density at radius 2 is 2.29 bits per heavy atom. The van der Waals surface area contributed by atoms with Crippen molar-refractivity contribution in [2.75, 3.05) is 13.2 Å². The van der Waals surface area contributed by atoms with Crippen molar-refractivity contribution in [2.24, 2.45) is 5.10 Å². The first kappa shape index (κ1) is 15.7. The van der Waals surface area contributed by atoms with Crippen LogP contribution in [0.4, 0.5) is 0 Å². The van der Waals surface area contributed by atoms with E-state index in [1.807, 2.05) is 24.3 Å². The molecular formula is C14H16BrN3O3. The summed E-state index contributed by atoms with van der Waals surface area (Å²) in [5.41, 5.74) is 3.00. The predicted octanol–water partition coefficient (Wildman–Crippen LogP) is 1.19. The van der Waals surface area contributed by atoms with Gasteiger partial charge < -0.3 is 10.1 Å². The summed E-state index contributed by atoms with van der Waals surface area (Å²) < 4.78 is 6.26. The van der Waals surface area contributed by atoms with Gasteiger partial charge in [0.2, 0.25) is 0 Å². The molecule has 1 atom stereocenters. The Morgan fingerprint density at radius 3 is 3.00 bits per heavy atom. The van der Waals surface area contributed by atoms with Gasteiger partial charge >= 0.3 is 11.8 Å². The van der Waals surface area contributed by atoms with Gasteiger partial charge in [0.05, 0.1) is 12.3 Å². The van der Waals surface area contributed by atoms with Crippen LogP contribution in [0.3, 0.4) is 0 Å². The Hall–Kier alpha value is -1.73. The first-order valence-corrected chi connectivity index (χ1v) is 7.43. The first-order valence-electron chi connectivity index (χ1n) is 6.63. The average molecular weight is 354 g/mol. The molecule has 7 heteroatoms. The zero-order valence-electron chi connectivity index (χ0n) is 11.3. The summed E-state index contributed by atoms with van der Waals surface area (Å²) in [6.07, 6.45) is 3.37. The van der Waals surface area contributed by atoms with Crippen LogP contribution in [-0.4, -0.2) is 37.3 Å². The Labute approximate surface area is 131 Å². The molecule has 1 fully saturated rings. The lowest BCUT2D eigenvalue weighted by molar-refractivity contribution is -0.139. The molecule has 0 aromatic heterocycles. The average Bonchev–Trinajstić information content (AvgIpc) is 2.98. The fourth-order valence-electron chi connectivity index (χ4n) is 1.90. The molecule has 1 aromatic rings. The smallest absolute Gasteiger partial charge is 0.329 e. The minimum Gasteiger partial charge on any atom is -0.376 e. The van der Waals surface area contributed by atoms with Crippen molar-refractivity contribution in [1.82, 2.24) is 10.7 Å². The second-order valence-electron chi connectivity index (χ2n) is 4.60. The van der Waals surface area contributed by atoms with Crippen molar-refractivity contribution in [2.45, 2.75) is 18.9 Å². The Bertz CT molecular complexity index is 542. The molecule has 0 radical (unpaired) electrons. The van der Waals surface area contributed by atoms with E-state index in [2.05, 4.69) is 31.8 Å². The molecule has 0 saturated carbocycles. The lowest BCUT2D eigenvalue weighted by atomic mass is 10.2. The molecule has 0 spiro atoms. The molecule has 2 N–H and O–H groups in total. The van der Waals surface area contributed by atoms with Gasteiger partial charge in [0.25, 0.3) is 0 Å². The number of hydrogen-bond donors (Lipinski definition) is 2. The third-order valence-electron chi connectivity index (χ3n) is 2.95. The number of nitrogens with one attached hydrogen (secondary N) is 2. The predicted molar refractivity (Wildman–Crippen MR) is 81.9 cm³/mol. The third-order valence-corrected chi connectivity index (χ3v) is 3.44. The minimum atomic E-state index is -0.792. The van der Waals surface area contributed by atoms with Gasteiger partial charge in [-0.25, -0.2) is 5.43 Å². The van der Waals surface area contributed by atoms with E-state index in [-0.39, 0.29) is 6.10 Å². The van der Waals surface area contributed by atoms with Gasteiger partial charge in [0, 0.05) is 17.6 Å². The number of hydrogen-bond acceptors (Lipinski definition) is 4. The van der Waals surface area contributed by atoms with E-state index in [9.17, 15) is 9.59 Å². The molecule has 1 aliphatic heterocycles. The first-order chi connectivity index (χ1) is 10.1. The van der Waals surface area contributed by atoms with Crippen LogP contribution < -0.4 is 10.7 Å². The highest BCUT2D eigenvalue weighted by Gasteiger charge is 2.18. The van der Waals surface area contributed by atoms with Gasteiger partial charge in [-0.3, -0.25) is 9.59 Å². The number of rotatable bonds is 4. The van der Waals surface area contributed by atoms with Gasteiger partial charge in [-0.1, -0.05) is 28.1 Å². The summed E-state index contributed by atoms with van der Waals surface area (Å²) in [4.78, 5) is 23.1. The Kier molecular flexibility index (Phi) is 5.89. The number of ether oxygens (including phenoxy) is 1. The van der Waals surface area contributed by atoms with Crippen LogP contribution in [0.2, 0.25) is 0 Å². The molecule has 0 bridgehead atoms. The normalized spacial score (nSPS) is 17.9. The van der Waals surface area contributed by atoms with Crippen molar-refractivity contribution in [1.29, 1.82) is 0 Å². The van der Waals surface area contributed by atoms with Gasteiger partial charge in [0.15, 0.2) is 0 Å². The second-order valence-corrected chi connectivity index (χ2v) is 5.51. The summed E-state index contributed by atoms with van der Waals surface area (Å²) >= 11 is 3.33. The number of benzene rings is 1. The largest absolute Gasteiger partial charge is 0.376 e. The molecular weight excluding hydrogens is 338 g/mol. The Morgan fingerprint density at radius 1 is 1.43 bits per heavy atom. The molecule has 2 rings (SSSR count). The molecule has 0 aliphatic carbocycles. The van der Waals surface area contributed by atoms with Crippen molar-refractivity contribution in [3.8, 4) is 0 Å². The maximum absolute atomic E-state index is 11.5. The highest BCUT2D eigenvalue weighted by Crippen LogP contribution is 2.10. The van der Waals surface area contributed by atoms with E-state index in [4.69, 9.17) is 4.74 Å². The number of nitrogens with zero attached hydrogens (tertiary/aromatic N) is 1. The van der Waals surface area contributed by atoms with Crippen LogP contribution in [0.25, 0.3) is 0 Å². The number of carbonyl (C=O) groups excluding carboxylic acids is 2. The van der Waals surface area contributed by atoms with Crippen LogP contribution in [0.5, 0.6) is 0 Å².